The molecule has 1 aromatic heterocycles. The second-order valence-corrected chi connectivity index (χ2v) is 6.68. The molecule has 1 aliphatic carbocycles. The zero-order chi connectivity index (χ0) is 20.1. The number of ether oxygens (including phenoxy) is 2. The molecule has 0 radical (unpaired) electrons. The molecule has 0 amide bonds. The quantitative estimate of drug-likeness (QED) is 0.536. The van der Waals surface area contributed by atoms with E-state index in [4.69, 9.17) is 9.47 Å². The molecule has 0 spiro atoms. The van der Waals surface area contributed by atoms with Crippen LogP contribution >= 0.6 is 0 Å². The van der Waals surface area contributed by atoms with Gasteiger partial charge in [-0.3, -0.25) is 0 Å². The first-order chi connectivity index (χ1) is 13.5. The molecule has 4 nitrogen and oxygen atoms in total. The van der Waals surface area contributed by atoms with Crippen molar-refractivity contribution in [2.45, 2.75) is 38.3 Å². The molecule has 148 valence electrons. The molecule has 1 aliphatic rings. The summed E-state index contributed by atoms with van der Waals surface area (Å²) >= 11 is 0. The summed E-state index contributed by atoms with van der Waals surface area (Å²) in [7, 11) is 1.55. The van der Waals surface area contributed by atoms with Gasteiger partial charge in [0.1, 0.15) is 18.2 Å². The molecule has 3 rings (SSSR count). The highest BCUT2D eigenvalue weighted by atomic mass is 19.4. The number of rotatable bonds is 5. The van der Waals surface area contributed by atoms with E-state index < -0.39 is 11.7 Å². The lowest BCUT2D eigenvalue weighted by molar-refractivity contribution is -0.137. The Morgan fingerprint density at radius 2 is 1.79 bits per heavy atom. The number of hydrogen-bond acceptors (Lipinski definition) is 4. The van der Waals surface area contributed by atoms with Crippen molar-refractivity contribution in [3.8, 4) is 23.1 Å². The Hall–Kier alpha value is -2.59. The van der Waals surface area contributed by atoms with Crippen LogP contribution in [0.3, 0.4) is 0 Å². The maximum Gasteiger partial charge on any atom is 0.416 e. The normalized spacial score (nSPS) is 14.1. The average Bonchev–Trinajstić information content (AvgIpc) is 2.91. The maximum atomic E-state index is 12.9. The van der Waals surface area contributed by atoms with Gasteiger partial charge in [-0.2, -0.15) is 18.4 Å². The van der Waals surface area contributed by atoms with E-state index in [2.05, 4.69) is 11.1 Å². The Kier molecular flexibility index (Phi) is 6.20. The van der Waals surface area contributed by atoms with Gasteiger partial charge in [0.25, 0.3) is 0 Å². The molecule has 7 heteroatoms. The van der Waals surface area contributed by atoms with Gasteiger partial charge in [0, 0.05) is 18.4 Å². The number of nitrogens with zero attached hydrogens (tertiary/aromatic N) is 2. The van der Waals surface area contributed by atoms with Crippen LogP contribution < -0.4 is 4.74 Å². The minimum absolute atomic E-state index is 0.218. The highest BCUT2D eigenvalue weighted by Crippen LogP contribution is 2.38. The maximum absolute atomic E-state index is 12.9. The number of aryl methyl sites for hydroxylation is 1. The number of methoxy groups -OCH3 is 1. The van der Waals surface area contributed by atoms with Crippen LogP contribution in [0.15, 0.2) is 24.3 Å². The number of alkyl halides is 3. The molecular formula is C21H21F3N2O2. The van der Waals surface area contributed by atoms with E-state index in [1.807, 2.05) is 0 Å². The monoisotopic (exact) mass is 390 g/mol. The van der Waals surface area contributed by atoms with Crippen molar-refractivity contribution in [2.24, 2.45) is 0 Å². The lowest BCUT2D eigenvalue weighted by Crippen LogP contribution is -2.11. The van der Waals surface area contributed by atoms with Crippen LogP contribution in [0, 0.1) is 11.3 Å². The number of halogens is 3. The van der Waals surface area contributed by atoms with E-state index in [0.717, 1.165) is 55.5 Å². The minimum atomic E-state index is -4.40. The molecule has 0 unspecified atom stereocenters. The SMILES string of the molecule is COCCOc1nc2c(c(-c3ccc(C(F)(F)F)cc3)c1C#N)CCCCC2. The molecule has 1 aromatic carbocycles. The predicted molar refractivity (Wildman–Crippen MR) is 98.0 cm³/mol. The minimum Gasteiger partial charge on any atom is -0.474 e. The van der Waals surface area contributed by atoms with Gasteiger partial charge in [-0.1, -0.05) is 18.6 Å². The highest BCUT2D eigenvalue weighted by molar-refractivity contribution is 5.77. The fraction of sp³-hybridized carbons (Fsp3) is 0.429. The van der Waals surface area contributed by atoms with Crippen molar-refractivity contribution in [2.75, 3.05) is 20.3 Å². The summed E-state index contributed by atoms with van der Waals surface area (Å²) in [5.74, 6) is 0.218. The van der Waals surface area contributed by atoms with Crippen LogP contribution in [0.25, 0.3) is 11.1 Å². The largest absolute Gasteiger partial charge is 0.474 e. The molecule has 0 bridgehead atoms. The standard InChI is InChI=1S/C21H21F3N2O2/c1-27-11-12-28-20-17(13-25)19(16-5-3-2-4-6-18(16)26-20)14-7-9-15(10-8-14)21(22,23)24/h7-10H,2-6,11-12H2,1H3. The summed E-state index contributed by atoms with van der Waals surface area (Å²) in [5, 5.41) is 9.79. The first kappa shape index (κ1) is 20.2. The van der Waals surface area contributed by atoms with Crippen LogP contribution in [0.5, 0.6) is 5.88 Å². The Balaban J connectivity index is 2.14. The van der Waals surface area contributed by atoms with Gasteiger partial charge in [0.2, 0.25) is 5.88 Å². The zero-order valence-corrected chi connectivity index (χ0v) is 15.6. The number of nitriles is 1. The van der Waals surface area contributed by atoms with E-state index in [-0.39, 0.29) is 18.1 Å². The number of pyridine rings is 1. The second kappa shape index (κ2) is 8.61. The molecule has 0 N–H and O–H groups in total. The van der Waals surface area contributed by atoms with Gasteiger partial charge < -0.3 is 9.47 Å². The Morgan fingerprint density at radius 3 is 2.43 bits per heavy atom. The third-order valence-corrected chi connectivity index (χ3v) is 4.83. The Bertz CT molecular complexity index is 871. The predicted octanol–water partition coefficient (Wildman–Crippen LogP) is 4.93. The fourth-order valence-corrected chi connectivity index (χ4v) is 3.47. The van der Waals surface area contributed by atoms with Crippen LogP contribution in [-0.2, 0) is 23.8 Å². The summed E-state index contributed by atoms with van der Waals surface area (Å²) in [6.45, 7) is 0.586. The zero-order valence-electron chi connectivity index (χ0n) is 15.6. The van der Waals surface area contributed by atoms with Crippen molar-refractivity contribution >= 4 is 0 Å². The van der Waals surface area contributed by atoms with Crippen LogP contribution in [0.4, 0.5) is 13.2 Å². The van der Waals surface area contributed by atoms with E-state index in [9.17, 15) is 18.4 Å². The smallest absolute Gasteiger partial charge is 0.416 e. The molecule has 0 saturated carbocycles. The molecule has 28 heavy (non-hydrogen) atoms. The number of hydrogen-bond donors (Lipinski definition) is 0. The summed E-state index contributed by atoms with van der Waals surface area (Å²) < 4.78 is 49.5. The van der Waals surface area contributed by atoms with Gasteiger partial charge in [-0.05, 0) is 48.9 Å². The molecular weight excluding hydrogens is 369 g/mol. The van der Waals surface area contributed by atoms with E-state index >= 15 is 0 Å². The fourth-order valence-electron chi connectivity index (χ4n) is 3.47. The van der Waals surface area contributed by atoms with Crippen molar-refractivity contribution < 1.29 is 22.6 Å². The topological polar surface area (TPSA) is 55.1 Å². The van der Waals surface area contributed by atoms with Gasteiger partial charge in [0.05, 0.1) is 12.2 Å². The van der Waals surface area contributed by atoms with Crippen LogP contribution in [0.1, 0.15) is 41.6 Å². The highest BCUT2D eigenvalue weighted by Gasteiger charge is 2.30. The van der Waals surface area contributed by atoms with Gasteiger partial charge in [0.15, 0.2) is 0 Å². The molecule has 2 aromatic rings. The van der Waals surface area contributed by atoms with Gasteiger partial charge >= 0.3 is 6.18 Å². The number of fused-ring (bicyclic) bond motifs is 1. The second-order valence-electron chi connectivity index (χ2n) is 6.68. The van der Waals surface area contributed by atoms with Gasteiger partial charge in [-0.25, -0.2) is 4.98 Å². The van der Waals surface area contributed by atoms with Crippen molar-refractivity contribution in [3.63, 3.8) is 0 Å². The van der Waals surface area contributed by atoms with E-state index in [1.165, 1.54) is 12.1 Å². The third kappa shape index (κ3) is 4.28. The number of benzene rings is 1. The molecule has 0 aliphatic heterocycles. The van der Waals surface area contributed by atoms with Gasteiger partial charge in [-0.15, -0.1) is 0 Å². The molecule has 0 fully saturated rings. The van der Waals surface area contributed by atoms with E-state index in [0.29, 0.717) is 17.7 Å². The lowest BCUT2D eigenvalue weighted by Gasteiger charge is -2.18. The van der Waals surface area contributed by atoms with Crippen molar-refractivity contribution in [1.29, 1.82) is 5.26 Å². The average molecular weight is 390 g/mol. The van der Waals surface area contributed by atoms with Crippen LogP contribution in [0.2, 0.25) is 0 Å². The third-order valence-electron chi connectivity index (χ3n) is 4.83. The summed E-state index contributed by atoms with van der Waals surface area (Å²) in [4.78, 5) is 4.58. The first-order valence-corrected chi connectivity index (χ1v) is 9.21. The molecule has 0 atom stereocenters. The summed E-state index contributed by atoms with van der Waals surface area (Å²) in [6.07, 6.45) is 0.0820. The Labute approximate surface area is 161 Å². The Morgan fingerprint density at radius 1 is 1.07 bits per heavy atom. The molecule has 0 saturated heterocycles. The first-order valence-electron chi connectivity index (χ1n) is 9.21. The van der Waals surface area contributed by atoms with E-state index in [1.54, 1.807) is 7.11 Å². The summed E-state index contributed by atoms with van der Waals surface area (Å²) in [6, 6.07) is 7.09. The van der Waals surface area contributed by atoms with Crippen molar-refractivity contribution in [3.05, 3.63) is 46.6 Å². The summed E-state index contributed by atoms with van der Waals surface area (Å²) in [5.41, 5.74) is 2.55. The molecule has 1 heterocycles. The lowest BCUT2D eigenvalue weighted by atomic mass is 9.91. The van der Waals surface area contributed by atoms with Crippen LogP contribution in [-0.4, -0.2) is 25.3 Å². The van der Waals surface area contributed by atoms with Crippen molar-refractivity contribution in [1.82, 2.24) is 4.98 Å². The number of aromatic nitrogens is 1.